The number of methoxy groups -OCH3 is 1. The van der Waals surface area contributed by atoms with Crippen molar-refractivity contribution in [2.45, 2.75) is 25.8 Å². The number of rotatable bonds is 6. The molecule has 0 aliphatic heterocycles. The Bertz CT molecular complexity index is 620. The van der Waals surface area contributed by atoms with Crippen LogP contribution in [0.1, 0.15) is 18.9 Å². The quantitative estimate of drug-likeness (QED) is 0.857. The van der Waals surface area contributed by atoms with Crippen LogP contribution in [0, 0.1) is 0 Å². The van der Waals surface area contributed by atoms with E-state index < -0.39 is 0 Å². The smallest absolute Gasteiger partial charge is 0.224 e. The van der Waals surface area contributed by atoms with Crippen LogP contribution in [-0.2, 0) is 11.2 Å². The molecule has 0 radical (unpaired) electrons. The number of benzene rings is 2. The predicted octanol–water partition coefficient (Wildman–Crippen LogP) is 2.28. The molecule has 0 fully saturated rings. The first kappa shape index (κ1) is 15.3. The van der Waals surface area contributed by atoms with Crippen molar-refractivity contribution in [1.29, 1.82) is 0 Å². The van der Waals surface area contributed by atoms with E-state index in [4.69, 9.17) is 9.84 Å². The molecule has 0 aromatic heterocycles. The van der Waals surface area contributed by atoms with Gasteiger partial charge in [0.25, 0.3) is 0 Å². The molecule has 0 unspecified atom stereocenters. The number of amides is 1. The van der Waals surface area contributed by atoms with Crippen LogP contribution in [0.5, 0.6) is 5.75 Å². The molecule has 4 heteroatoms. The molecule has 0 bridgehead atoms. The highest BCUT2D eigenvalue weighted by atomic mass is 16.5. The van der Waals surface area contributed by atoms with Gasteiger partial charge >= 0.3 is 0 Å². The Hall–Kier alpha value is -2.07. The SMILES string of the molecule is CC[C@H](CO)NC(=O)Cc1cccc2ccc(OC)cc12. The predicted molar refractivity (Wildman–Crippen MR) is 83.5 cm³/mol. The molecule has 21 heavy (non-hydrogen) atoms. The molecule has 0 heterocycles. The number of aliphatic hydroxyl groups is 1. The van der Waals surface area contributed by atoms with Gasteiger partial charge in [-0.15, -0.1) is 0 Å². The number of aliphatic hydroxyl groups excluding tert-OH is 1. The lowest BCUT2D eigenvalue weighted by Crippen LogP contribution is -2.37. The Morgan fingerprint density at radius 3 is 2.81 bits per heavy atom. The molecule has 2 aromatic carbocycles. The minimum Gasteiger partial charge on any atom is -0.497 e. The summed E-state index contributed by atoms with van der Waals surface area (Å²) in [6.45, 7) is 1.90. The zero-order chi connectivity index (χ0) is 15.2. The van der Waals surface area contributed by atoms with Crippen molar-refractivity contribution in [3.8, 4) is 5.75 Å². The summed E-state index contributed by atoms with van der Waals surface area (Å²) in [5, 5.41) is 14.1. The van der Waals surface area contributed by atoms with E-state index in [9.17, 15) is 4.79 Å². The van der Waals surface area contributed by atoms with Gasteiger partial charge in [-0.2, -0.15) is 0 Å². The first-order chi connectivity index (χ1) is 10.2. The summed E-state index contributed by atoms with van der Waals surface area (Å²) in [4.78, 5) is 12.1. The van der Waals surface area contributed by atoms with Crippen molar-refractivity contribution in [2.75, 3.05) is 13.7 Å². The molecular formula is C17H21NO3. The molecule has 2 N–H and O–H groups in total. The van der Waals surface area contributed by atoms with Gasteiger partial charge in [0.2, 0.25) is 5.91 Å². The minimum atomic E-state index is -0.179. The van der Waals surface area contributed by atoms with Gasteiger partial charge in [-0.1, -0.05) is 31.2 Å². The van der Waals surface area contributed by atoms with Crippen molar-refractivity contribution in [3.63, 3.8) is 0 Å². The van der Waals surface area contributed by atoms with Crippen molar-refractivity contribution in [1.82, 2.24) is 5.32 Å². The lowest BCUT2D eigenvalue weighted by Gasteiger charge is -2.14. The molecule has 1 amide bonds. The number of hydrogen-bond donors (Lipinski definition) is 2. The molecule has 0 saturated carbocycles. The van der Waals surface area contributed by atoms with E-state index in [2.05, 4.69) is 5.32 Å². The molecule has 2 rings (SSSR count). The third kappa shape index (κ3) is 3.73. The van der Waals surface area contributed by atoms with Gasteiger partial charge in [-0.05, 0) is 34.9 Å². The van der Waals surface area contributed by atoms with Crippen LogP contribution in [0.25, 0.3) is 10.8 Å². The van der Waals surface area contributed by atoms with Crippen LogP contribution in [0.2, 0.25) is 0 Å². The number of fused-ring (bicyclic) bond motifs is 1. The second-order valence-corrected chi connectivity index (χ2v) is 5.04. The number of nitrogens with one attached hydrogen (secondary N) is 1. The van der Waals surface area contributed by atoms with Crippen molar-refractivity contribution in [2.24, 2.45) is 0 Å². The fraction of sp³-hybridized carbons (Fsp3) is 0.353. The van der Waals surface area contributed by atoms with Gasteiger partial charge in [-0.3, -0.25) is 4.79 Å². The van der Waals surface area contributed by atoms with Crippen LogP contribution in [-0.4, -0.2) is 30.8 Å². The monoisotopic (exact) mass is 287 g/mol. The molecule has 0 spiro atoms. The zero-order valence-electron chi connectivity index (χ0n) is 12.4. The maximum Gasteiger partial charge on any atom is 0.224 e. The molecule has 1 atom stereocenters. The first-order valence-electron chi connectivity index (χ1n) is 7.13. The zero-order valence-corrected chi connectivity index (χ0v) is 12.4. The van der Waals surface area contributed by atoms with Gasteiger partial charge in [-0.25, -0.2) is 0 Å². The number of carbonyl (C=O) groups is 1. The van der Waals surface area contributed by atoms with Crippen LogP contribution >= 0.6 is 0 Å². The maximum absolute atomic E-state index is 12.1. The maximum atomic E-state index is 12.1. The van der Waals surface area contributed by atoms with Crippen molar-refractivity contribution >= 4 is 16.7 Å². The Balaban J connectivity index is 2.23. The van der Waals surface area contributed by atoms with Gasteiger partial charge < -0.3 is 15.2 Å². The highest BCUT2D eigenvalue weighted by molar-refractivity contribution is 5.91. The highest BCUT2D eigenvalue weighted by Gasteiger charge is 2.11. The molecular weight excluding hydrogens is 266 g/mol. The summed E-state index contributed by atoms with van der Waals surface area (Å²) in [7, 11) is 1.63. The fourth-order valence-corrected chi connectivity index (χ4v) is 2.33. The molecule has 112 valence electrons. The Labute approximate surface area is 124 Å². The van der Waals surface area contributed by atoms with Gasteiger partial charge in [0.05, 0.1) is 26.2 Å². The van der Waals surface area contributed by atoms with E-state index in [0.29, 0.717) is 12.8 Å². The normalized spacial score (nSPS) is 12.1. The lowest BCUT2D eigenvalue weighted by atomic mass is 10.0. The largest absolute Gasteiger partial charge is 0.497 e. The summed E-state index contributed by atoms with van der Waals surface area (Å²) < 4.78 is 5.25. The lowest BCUT2D eigenvalue weighted by molar-refractivity contribution is -0.121. The molecule has 4 nitrogen and oxygen atoms in total. The van der Waals surface area contributed by atoms with E-state index in [1.165, 1.54) is 0 Å². The van der Waals surface area contributed by atoms with Crippen LogP contribution in [0.15, 0.2) is 36.4 Å². The summed E-state index contributed by atoms with van der Waals surface area (Å²) in [5.41, 5.74) is 0.955. The molecule has 0 aliphatic carbocycles. The number of hydrogen-bond acceptors (Lipinski definition) is 3. The van der Waals surface area contributed by atoms with E-state index in [1.54, 1.807) is 7.11 Å². The van der Waals surface area contributed by atoms with Crippen molar-refractivity contribution < 1.29 is 14.6 Å². The van der Waals surface area contributed by atoms with Crippen LogP contribution < -0.4 is 10.1 Å². The van der Waals surface area contributed by atoms with E-state index in [0.717, 1.165) is 22.1 Å². The first-order valence-corrected chi connectivity index (χ1v) is 7.13. The molecule has 0 aliphatic rings. The third-order valence-corrected chi connectivity index (χ3v) is 3.61. The topological polar surface area (TPSA) is 58.6 Å². The van der Waals surface area contributed by atoms with E-state index in [1.807, 2.05) is 43.3 Å². The summed E-state index contributed by atoms with van der Waals surface area (Å²) in [6.07, 6.45) is 1.01. The molecule has 2 aromatic rings. The standard InChI is InChI=1S/C17H21NO3/c1-3-14(11-19)18-17(20)9-13-6-4-5-12-7-8-15(21-2)10-16(12)13/h4-8,10,14,19H,3,9,11H2,1-2H3,(H,18,20)/t14-/m1/s1. The van der Waals surface area contributed by atoms with Crippen molar-refractivity contribution in [3.05, 3.63) is 42.0 Å². The average Bonchev–Trinajstić information content (AvgIpc) is 2.52. The van der Waals surface area contributed by atoms with Gasteiger partial charge in [0, 0.05) is 0 Å². The summed E-state index contributed by atoms with van der Waals surface area (Å²) >= 11 is 0. The summed E-state index contributed by atoms with van der Waals surface area (Å²) in [5.74, 6) is 0.698. The number of ether oxygens (including phenoxy) is 1. The second kappa shape index (κ2) is 7.09. The van der Waals surface area contributed by atoms with E-state index >= 15 is 0 Å². The fourth-order valence-electron chi connectivity index (χ4n) is 2.33. The Morgan fingerprint density at radius 1 is 1.33 bits per heavy atom. The summed E-state index contributed by atoms with van der Waals surface area (Å²) in [6, 6.07) is 11.6. The van der Waals surface area contributed by atoms with E-state index in [-0.39, 0.29) is 18.6 Å². The Morgan fingerprint density at radius 2 is 2.14 bits per heavy atom. The Kier molecular flexibility index (Phi) is 5.17. The van der Waals surface area contributed by atoms with Crippen LogP contribution in [0.3, 0.4) is 0 Å². The van der Waals surface area contributed by atoms with Crippen LogP contribution in [0.4, 0.5) is 0 Å². The minimum absolute atomic E-state index is 0.0361. The van der Waals surface area contributed by atoms with Gasteiger partial charge in [0.15, 0.2) is 0 Å². The third-order valence-electron chi connectivity index (χ3n) is 3.61. The van der Waals surface area contributed by atoms with Gasteiger partial charge in [0.1, 0.15) is 5.75 Å². The molecule has 0 saturated heterocycles. The average molecular weight is 287 g/mol. The highest BCUT2D eigenvalue weighted by Crippen LogP contribution is 2.24. The second-order valence-electron chi connectivity index (χ2n) is 5.04. The number of carbonyl (C=O) groups excluding carboxylic acids is 1.